The molecule has 3 nitrogen and oxygen atoms in total. The molecule has 0 aliphatic rings. The number of rotatable bonds is 9. The van der Waals surface area contributed by atoms with Crippen molar-refractivity contribution in [3.8, 4) is 0 Å². The van der Waals surface area contributed by atoms with Crippen molar-refractivity contribution in [2.24, 2.45) is 7.05 Å². The van der Waals surface area contributed by atoms with E-state index >= 15 is 0 Å². The van der Waals surface area contributed by atoms with E-state index in [1.807, 2.05) is 11.6 Å². The number of nitrogens with zero attached hydrogens (tertiary/aromatic N) is 2. The number of hydrogen-bond acceptors (Lipinski definition) is 2. The second kappa shape index (κ2) is 8.17. The third-order valence-corrected chi connectivity index (χ3v) is 3.64. The molecule has 0 spiro atoms. The second-order valence-electron chi connectivity index (χ2n) is 5.14. The molecule has 0 aromatic carbocycles. The molecule has 1 rings (SSSR count). The van der Waals surface area contributed by atoms with Gasteiger partial charge in [-0.3, -0.25) is 0 Å². The minimum Gasteiger partial charge on any atom is -0.384 e. The highest BCUT2D eigenvalue weighted by Crippen LogP contribution is 2.17. The number of aryl methyl sites for hydroxylation is 2. The standard InChI is InChI=1S/C15H29N3/c1-4-6-7-8-9-10-11-12-13-15(16)18(3)14(5-2)17-13/h4-12,16H2,1-3H3. The zero-order chi connectivity index (χ0) is 13.4. The first-order valence-corrected chi connectivity index (χ1v) is 7.50. The minimum absolute atomic E-state index is 0.859. The molecule has 104 valence electrons. The highest BCUT2D eigenvalue weighted by Gasteiger charge is 2.09. The lowest BCUT2D eigenvalue weighted by Crippen LogP contribution is -2.01. The van der Waals surface area contributed by atoms with Gasteiger partial charge in [-0.05, 0) is 12.8 Å². The van der Waals surface area contributed by atoms with Crippen molar-refractivity contribution in [3.63, 3.8) is 0 Å². The topological polar surface area (TPSA) is 43.8 Å². The molecule has 0 amide bonds. The Kier molecular flexibility index (Phi) is 6.84. The molecule has 1 aromatic rings. The van der Waals surface area contributed by atoms with Gasteiger partial charge in [0.25, 0.3) is 0 Å². The smallest absolute Gasteiger partial charge is 0.126 e. The fourth-order valence-electron chi connectivity index (χ4n) is 2.37. The molecule has 3 heteroatoms. The molecule has 0 aliphatic carbocycles. The summed E-state index contributed by atoms with van der Waals surface area (Å²) in [6, 6.07) is 0. The summed E-state index contributed by atoms with van der Waals surface area (Å²) in [5, 5.41) is 0. The van der Waals surface area contributed by atoms with Crippen LogP contribution in [0.1, 0.15) is 70.3 Å². The zero-order valence-corrected chi connectivity index (χ0v) is 12.3. The summed E-state index contributed by atoms with van der Waals surface area (Å²) in [6.07, 6.45) is 11.3. The van der Waals surface area contributed by atoms with Crippen molar-refractivity contribution in [2.75, 3.05) is 5.73 Å². The summed E-state index contributed by atoms with van der Waals surface area (Å²) < 4.78 is 2.02. The van der Waals surface area contributed by atoms with Gasteiger partial charge in [-0.25, -0.2) is 4.98 Å². The lowest BCUT2D eigenvalue weighted by Gasteiger charge is -2.01. The van der Waals surface area contributed by atoms with Crippen LogP contribution in [0.3, 0.4) is 0 Å². The maximum atomic E-state index is 6.06. The molecule has 2 N–H and O–H groups in total. The Hall–Kier alpha value is -0.990. The number of nitrogen functional groups attached to an aromatic ring is 1. The van der Waals surface area contributed by atoms with Crippen molar-refractivity contribution in [1.29, 1.82) is 0 Å². The third kappa shape index (κ3) is 4.35. The van der Waals surface area contributed by atoms with Crippen molar-refractivity contribution in [3.05, 3.63) is 11.5 Å². The van der Waals surface area contributed by atoms with Gasteiger partial charge in [-0.1, -0.05) is 52.4 Å². The number of imidazole rings is 1. The number of unbranched alkanes of at least 4 members (excludes halogenated alkanes) is 6. The molecule has 0 saturated heterocycles. The fraction of sp³-hybridized carbons (Fsp3) is 0.800. The minimum atomic E-state index is 0.859. The maximum absolute atomic E-state index is 6.06. The predicted molar refractivity (Wildman–Crippen MR) is 78.7 cm³/mol. The first kappa shape index (κ1) is 15.1. The van der Waals surface area contributed by atoms with Gasteiger partial charge in [-0.2, -0.15) is 0 Å². The quantitative estimate of drug-likeness (QED) is 0.677. The van der Waals surface area contributed by atoms with Crippen LogP contribution in [0.15, 0.2) is 0 Å². The summed E-state index contributed by atoms with van der Waals surface area (Å²) in [5.74, 6) is 1.96. The SMILES string of the molecule is CCCCCCCCCc1nc(CC)n(C)c1N. The summed E-state index contributed by atoms with van der Waals surface area (Å²) in [5.41, 5.74) is 7.16. The number of hydrogen-bond donors (Lipinski definition) is 1. The van der Waals surface area contributed by atoms with E-state index in [-0.39, 0.29) is 0 Å². The summed E-state index contributed by atoms with van der Waals surface area (Å²) in [4.78, 5) is 4.61. The van der Waals surface area contributed by atoms with Crippen LogP contribution in [0.25, 0.3) is 0 Å². The second-order valence-corrected chi connectivity index (χ2v) is 5.14. The monoisotopic (exact) mass is 251 g/mol. The van der Waals surface area contributed by atoms with Gasteiger partial charge in [-0.15, -0.1) is 0 Å². The van der Waals surface area contributed by atoms with E-state index in [9.17, 15) is 0 Å². The third-order valence-electron chi connectivity index (χ3n) is 3.64. The molecular weight excluding hydrogens is 222 g/mol. The molecule has 1 heterocycles. The highest BCUT2D eigenvalue weighted by molar-refractivity contribution is 5.38. The maximum Gasteiger partial charge on any atom is 0.126 e. The van der Waals surface area contributed by atoms with Gasteiger partial charge >= 0.3 is 0 Å². The summed E-state index contributed by atoms with van der Waals surface area (Å²) >= 11 is 0. The van der Waals surface area contributed by atoms with Crippen LogP contribution < -0.4 is 5.73 Å². The van der Waals surface area contributed by atoms with E-state index in [2.05, 4.69) is 18.8 Å². The summed E-state index contributed by atoms with van der Waals surface area (Å²) in [7, 11) is 2.01. The molecular formula is C15H29N3. The van der Waals surface area contributed by atoms with Crippen LogP contribution in [0, 0.1) is 0 Å². The Morgan fingerprint density at radius 1 is 1.00 bits per heavy atom. The molecule has 0 atom stereocenters. The molecule has 0 bridgehead atoms. The van der Waals surface area contributed by atoms with Crippen LogP contribution in [-0.4, -0.2) is 9.55 Å². The normalized spacial score (nSPS) is 11.1. The first-order valence-electron chi connectivity index (χ1n) is 7.50. The van der Waals surface area contributed by atoms with Crippen LogP contribution in [0.5, 0.6) is 0 Å². The fourth-order valence-corrected chi connectivity index (χ4v) is 2.37. The molecule has 0 saturated carbocycles. The average Bonchev–Trinajstić information content (AvgIpc) is 2.65. The highest BCUT2D eigenvalue weighted by atomic mass is 15.1. The zero-order valence-electron chi connectivity index (χ0n) is 12.3. The van der Waals surface area contributed by atoms with E-state index < -0.39 is 0 Å². The van der Waals surface area contributed by atoms with Crippen LogP contribution >= 0.6 is 0 Å². The number of anilines is 1. The van der Waals surface area contributed by atoms with Crippen molar-refractivity contribution < 1.29 is 0 Å². The van der Waals surface area contributed by atoms with Gasteiger partial charge in [0, 0.05) is 13.5 Å². The molecule has 18 heavy (non-hydrogen) atoms. The lowest BCUT2D eigenvalue weighted by molar-refractivity contribution is 0.587. The Labute approximate surface area is 112 Å². The van der Waals surface area contributed by atoms with Gasteiger partial charge in [0.1, 0.15) is 11.6 Å². The van der Waals surface area contributed by atoms with Gasteiger partial charge < -0.3 is 10.3 Å². The number of aromatic nitrogens is 2. The number of nitrogens with two attached hydrogens (primary N) is 1. The van der Waals surface area contributed by atoms with Gasteiger partial charge in [0.05, 0.1) is 5.69 Å². The summed E-state index contributed by atoms with van der Waals surface area (Å²) in [6.45, 7) is 4.38. The average molecular weight is 251 g/mol. The van der Waals surface area contributed by atoms with Crippen molar-refractivity contribution in [2.45, 2.75) is 71.6 Å². The van der Waals surface area contributed by atoms with E-state index in [0.717, 1.165) is 30.2 Å². The van der Waals surface area contributed by atoms with Crippen molar-refractivity contribution >= 4 is 5.82 Å². The Morgan fingerprint density at radius 2 is 1.61 bits per heavy atom. The van der Waals surface area contributed by atoms with E-state index in [1.54, 1.807) is 0 Å². The van der Waals surface area contributed by atoms with Crippen molar-refractivity contribution in [1.82, 2.24) is 9.55 Å². The Morgan fingerprint density at radius 3 is 2.17 bits per heavy atom. The molecule has 0 radical (unpaired) electrons. The molecule has 0 fully saturated rings. The largest absolute Gasteiger partial charge is 0.384 e. The first-order chi connectivity index (χ1) is 8.70. The van der Waals surface area contributed by atoms with E-state index in [1.165, 1.54) is 44.9 Å². The van der Waals surface area contributed by atoms with Crippen LogP contribution in [0.2, 0.25) is 0 Å². The Balaban J connectivity index is 2.23. The Bertz CT molecular complexity index is 342. The lowest BCUT2D eigenvalue weighted by atomic mass is 10.1. The van der Waals surface area contributed by atoms with Gasteiger partial charge in [0.2, 0.25) is 0 Å². The van der Waals surface area contributed by atoms with Gasteiger partial charge in [0.15, 0.2) is 0 Å². The molecule has 0 unspecified atom stereocenters. The molecule has 1 aromatic heterocycles. The van der Waals surface area contributed by atoms with Crippen LogP contribution in [-0.2, 0) is 19.9 Å². The molecule has 0 aliphatic heterocycles. The van der Waals surface area contributed by atoms with E-state index in [0.29, 0.717) is 0 Å². The van der Waals surface area contributed by atoms with Crippen LogP contribution in [0.4, 0.5) is 5.82 Å². The predicted octanol–water partition coefficient (Wildman–Crippen LogP) is 3.86. The van der Waals surface area contributed by atoms with E-state index in [4.69, 9.17) is 5.73 Å².